The molecule has 0 aliphatic carbocycles. The predicted octanol–water partition coefficient (Wildman–Crippen LogP) is 2.72. The first kappa shape index (κ1) is 19.1. The average Bonchev–Trinajstić information content (AvgIpc) is 2.97. The second-order valence-electron chi connectivity index (χ2n) is 5.60. The molecule has 2 aromatic rings. The number of nitrogens with one attached hydrogen (secondary N) is 2. The van der Waals surface area contributed by atoms with Crippen LogP contribution in [0.1, 0.15) is 37.8 Å². The van der Waals surface area contributed by atoms with Gasteiger partial charge in [-0.1, -0.05) is 6.08 Å². The van der Waals surface area contributed by atoms with Crippen LogP contribution >= 0.6 is 0 Å². The maximum absolute atomic E-state index is 12.4. The minimum absolute atomic E-state index is 0.319. The maximum Gasteiger partial charge on any atom is 0.273 e. The van der Waals surface area contributed by atoms with E-state index in [1.54, 1.807) is 38.1 Å². The van der Waals surface area contributed by atoms with Crippen LogP contribution in [0.3, 0.4) is 0 Å². The van der Waals surface area contributed by atoms with Crippen molar-refractivity contribution < 1.29 is 23.5 Å². The Labute approximate surface area is 151 Å². The van der Waals surface area contributed by atoms with E-state index in [2.05, 4.69) is 17.4 Å². The van der Waals surface area contributed by atoms with Crippen LogP contribution in [-0.4, -0.2) is 26.0 Å². The minimum Gasteiger partial charge on any atom is -0.493 e. The number of carbonyl (C=O) groups excluding carboxylic acids is 2. The van der Waals surface area contributed by atoms with Gasteiger partial charge in [0.15, 0.2) is 11.5 Å². The summed E-state index contributed by atoms with van der Waals surface area (Å²) >= 11 is 0. The quantitative estimate of drug-likeness (QED) is 0.612. The number of hydrogen-bond donors (Lipinski definition) is 2. The number of methoxy groups -OCH3 is 2. The van der Waals surface area contributed by atoms with E-state index >= 15 is 0 Å². The van der Waals surface area contributed by atoms with Gasteiger partial charge in [-0.3, -0.25) is 20.4 Å². The van der Waals surface area contributed by atoms with Gasteiger partial charge in [-0.2, -0.15) is 0 Å². The van der Waals surface area contributed by atoms with E-state index in [9.17, 15) is 9.59 Å². The number of hydrazine groups is 1. The third kappa shape index (κ3) is 4.05. The summed E-state index contributed by atoms with van der Waals surface area (Å²) in [5.74, 6) is 1.12. The zero-order chi connectivity index (χ0) is 19.3. The summed E-state index contributed by atoms with van der Waals surface area (Å²) in [5.41, 5.74) is 6.20. The van der Waals surface area contributed by atoms with E-state index in [1.165, 1.54) is 14.2 Å². The first-order chi connectivity index (χ1) is 12.4. The van der Waals surface area contributed by atoms with Crippen molar-refractivity contribution in [2.24, 2.45) is 0 Å². The monoisotopic (exact) mass is 358 g/mol. The zero-order valence-electron chi connectivity index (χ0n) is 15.3. The highest BCUT2D eigenvalue weighted by Gasteiger charge is 2.18. The highest BCUT2D eigenvalue weighted by atomic mass is 16.5. The van der Waals surface area contributed by atoms with Crippen LogP contribution < -0.4 is 20.3 Å². The van der Waals surface area contributed by atoms with Crippen molar-refractivity contribution in [3.63, 3.8) is 0 Å². The van der Waals surface area contributed by atoms with Gasteiger partial charge in [-0.15, -0.1) is 6.58 Å². The second kappa shape index (κ2) is 8.24. The molecule has 0 atom stereocenters. The van der Waals surface area contributed by atoms with Gasteiger partial charge in [0.05, 0.1) is 19.8 Å². The Morgan fingerprint density at radius 3 is 2.35 bits per heavy atom. The largest absolute Gasteiger partial charge is 0.493 e. The van der Waals surface area contributed by atoms with Crippen molar-refractivity contribution in [1.82, 2.24) is 10.9 Å². The molecule has 0 aliphatic rings. The normalized spacial score (nSPS) is 10.2. The van der Waals surface area contributed by atoms with Crippen molar-refractivity contribution in [2.45, 2.75) is 20.3 Å². The number of rotatable bonds is 6. The van der Waals surface area contributed by atoms with Gasteiger partial charge in [0.25, 0.3) is 11.8 Å². The molecule has 2 rings (SSSR count). The molecule has 1 heterocycles. The Morgan fingerprint density at radius 1 is 1.12 bits per heavy atom. The minimum atomic E-state index is -0.484. The van der Waals surface area contributed by atoms with E-state index in [4.69, 9.17) is 13.9 Å². The smallest absolute Gasteiger partial charge is 0.273 e. The van der Waals surface area contributed by atoms with Crippen molar-refractivity contribution >= 4 is 11.8 Å². The highest BCUT2D eigenvalue weighted by molar-refractivity contribution is 6.00. The number of hydrogen-bond acceptors (Lipinski definition) is 5. The predicted molar refractivity (Wildman–Crippen MR) is 96.6 cm³/mol. The van der Waals surface area contributed by atoms with Crippen LogP contribution in [0.25, 0.3) is 0 Å². The van der Waals surface area contributed by atoms with Gasteiger partial charge < -0.3 is 13.9 Å². The molecule has 0 bridgehead atoms. The topological polar surface area (TPSA) is 89.8 Å². The summed E-state index contributed by atoms with van der Waals surface area (Å²) in [7, 11) is 3.02. The van der Waals surface area contributed by atoms with Crippen molar-refractivity contribution in [1.29, 1.82) is 0 Å². The van der Waals surface area contributed by atoms with E-state index in [1.807, 2.05) is 0 Å². The van der Waals surface area contributed by atoms with E-state index in [0.29, 0.717) is 40.6 Å². The Kier molecular flexibility index (Phi) is 6.06. The molecule has 0 saturated heterocycles. The number of furan rings is 1. The molecule has 0 saturated carbocycles. The Morgan fingerprint density at radius 2 is 1.81 bits per heavy atom. The molecule has 138 valence electrons. The van der Waals surface area contributed by atoms with E-state index in [0.717, 1.165) is 5.56 Å². The number of ether oxygens (including phenoxy) is 2. The summed E-state index contributed by atoms with van der Waals surface area (Å²) in [6.45, 7) is 7.13. The first-order valence-electron chi connectivity index (χ1n) is 7.94. The number of carbonyl (C=O) groups is 2. The molecule has 0 radical (unpaired) electrons. The second-order valence-corrected chi connectivity index (χ2v) is 5.60. The first-order valence-corrected chi connectivity index (χ1v) is 7.94. The van der Waals surface area contributed by atoms with Crippen LogP contribution in [0, 0.1) is 13.8 Å². The molecule has 7 nitrogen and oxygen atoms in total. The third-order valence-electron chi connectivity index (χ3n) is 3.76. The molecular weight excluding hydrogens is 336 g/mol. The van der Waals surface area contributed by atoms with Gasteiger partial charge in [0, 0.05) is 11.1 Å². The molecule has 1 aromatic carbocycles. The third-order valence-corrected chi connectivity index (χ3v) is 3.76. The number of aryl methyl sites for hydroxylation is 2. The molecule has 2 N–H and O–H groups in total. The lowest BCUT2D eigenvalue weighted by atomic mass is 10.1. The average molecular weight is 358 g/mol. The highest BCUT2D eigenvalue weighted by Crippen LogP contribution is 2.33. The van der Waals surface area contributed by atoms with E-state index in [-0.39, 0.29) is 0 Å². The van der Waals surface area contributed by atoms with Gasteiger partial charge in [-0.05, 0) is 38.5 Å². The summed E-state index contributed by atoms with van der Waals surface area (Å²) in [6, 6.07) is 4.81. The molecule has 2 amide bonds. The summed E-state index contributed by atoms with van der Waals surface area (Å²) in [5, 5.41) is 0. The number of benzene rings is 1. The molecular formula is C19H22N2O5. The van der Waals surface area contributed by atoms with E-state index < -0.39 is 11.8 Å². The van der Waals surface area contributed by atoms with Crippen molar-refractivity contribution in [3.8, 4) is 11.5 Å². The van der Waals surface area contributed by atoms with Gasteiger partial charge >= 0.3 is 0 Å². The summed E-state index contributed by atoms with van der Waals surface area (Å²) in [6.07, 6.45) is 2.20. The molecule has 0 unspecified atom stereocenters. The molecule has 1 aromatic heterocycles. The Balaban J connectivity index is 2.18. The number of amides is 2. The fraction of sp³-hybridized carbons (Fsp3) is 0.263. The van der Waals surface area contributed by atoms with Gasteiger partial charge in [0.1, 0.15) is 11.5 Å². The molecule has 26 heavy (non-hydrogen) atoms. The van der Waals surface area contributed by atoms with Gasteiger partial charge in [0.2, 0.25) is 0 Å². The molecule has 7 heteroatoms. The van der Waals surface area contributed by atoms with Crippen LogP contribution in [0.15, 0.2) is 35.3 Å². The SMILES string of the molecule is C=CCc1cc(C(=O)NNC(=O)c2cc(C)oc2C)cc(OC)c1OC. The molecule has 0 fully saturated rings. The maximum atomic E-state index is 12.4. The lowest BCUT2D eigenvalue weighted by Crippen LogP contribution is -2.41. The van der Waals surface area contributed by atoms with Crippen LogP contribution in [0.2, 0.25) is 0 Å². The zero-order valence-corrected chi connectivity index (χ0v) is 15.3. The Bertz CT molecular complexity index is 839. The standard InChI is InChI=1S/C19H22N2O5/c1-6-7-13-9-14(10-16(24-4)17(13)25-5)18(22)20-21-19(23)15-8-11(2)26-12(15)3/h6,8-10H,1,7H2,2-5H3,(H,20,22)(H,21,23). The summed E-state index contributed by atoms with van der Waals surface area (Å²) in [4.78, 5) is 24.6. The van der Waals surface area contributed by atoms with Crippen LogP contribution in [0.5, 0.6) is 11.5 Å². The van der Waals surface area contributed by atoms with Crippen molar-refractivity contribution in [2.75, 3.05) is 14.2 Å². The lowest BCUT2D eigenvalue weighted by Gasteiger charge is -2.14. The van der Waals surface area contributed by atoms with Gasteiger partial charge in [-0.25, -0.2) is 0 Å². The lowest BCUT2D eigenvalue weighted by molar-refractivity contribution is 0.0845. The number of allylic oxidation sites excluding steroid dienone is 1. The fourth-order valence-corrected chi connectivity index (χ4v) is 2.59. The fourth-order valence-electron chi connectivity index (χ4n) is 2.59. The van der Waals surface area contributed by atoms with Crippen LogP contribution in [-0.2, 0) is 6.42 Å². The van der Waals surface area contributed by atoms with Crippen LogP contribution in [0.4, 0.5) is 0 Å². The summed E-state index contributed by atoms with van der Waals surface area (Å²) < 4.78 is 15.9. The molecule has 0 spiro atoms. The molecule has 0 aliphatic heterocycles. The van der Waals surface area contributed by atoms with Crippen molar-refractivity contribution in [3.05, 3.63) is 59.1 Å². The Hall–Kier alpha value is -3.22.